The Morgan fingerprint density at radius 1 is 1.25 bits per heavy atom. The van der Waals surface area contributed by atoms with E-state index in [-0.39, 0.29) is 43.5 Å². The molecule has 1 heterocycles. The molecule has 1 aromatic carbocycles. The van der Waals surface area contributed by atoms with Crippen molar-refractivity contribution in [1.82, 2.24) is 4.90 Å². The Hall–Kier alpha value is -2.41. The van der Waals surface area contributed by atoms with Crippen molar-refractivity contribution in [2.24, 2.45) is 11.1 Å². The van der Waals surface area contributed by atoms with E-state index in [0.29, 0.717) is 11.1 Å². The SMILES string of the molecule is CCC(=O)C1(C(=O)F)Cc2ccc3c(c2C1)C(=O)N(CCN)C3=O. The number of benzene rings is 1. The maximum Gasteiger partial charge on any atom is 0.315 e. The molecule has 1 atom stereocenters. The lowest BCUT2D eigenvalue weighted by Crippen LogP contribution is -2.38. The predicted molar refractivity (Wildman–Crippen MR) is 82.1 cm³/mol. The van der Waals surface area contributed by atoms with Crippen molar-refractivity contribution in [2.45, 2.75) is 26.2 Å². The number of carbonyl (C=O) groups is 4. The number of Topliss-reactive ketones (excluding diaryl/α,β-unsaturated/α-hetero) is 1. The Morgan fingerprint density at radius 3 is 2.54 bits per heavy atom. The van der Waals surface area contributed by atoms with Crippen molar-refractivity contribution in [2.75, 3.05) is 13.1 Å². The van der Waals surface area contributed by atoms with Gasteiger partial charge in [0.25, 0.3) is 11.8 Å². The first-order chi connectivity index (χ1) is 11.4. The summed E-state index contributed by atoms with van der Waals surface area (Å²) in [4.78, 5) is 49.7. The third kappa shape index (κ3) is 2.04. The van der Waals surface area contributed by atoms with Crippen LogP contribution in [0, 0.1) is 5.41 Å². The number of rotatable bonds is 5. The van der Waals surface area contributed by atoms with E-state index in [1.165, 1.54) is 6.07 Å². The molecule has 7 heteroatoms. The molecule has 24 heavy (non-hydrogen) atoms. The van der Waals surface area contributed by atoms with Crippen LogP contribution in [-0.2, 0) is 22.4 Å². The average molecular weight is 332 g/mol. The number of hydrogen-bond acceptors (Lipinski definition) is 5. The van der Waals surface area contributed by atoms with Crippen LogP contribution in [0.25, 0.3) is 0 Å². The summed E-state index contributed by atoms with van der Waals surface area (Å²) in [5.41, 5.74) is 5.06. The number of nitrogens with two attached hydrogens (primary N) is 1. The van der Waals surface area contributed by atoms with E-state index in [2.05, 4.69) is 0 Å². The second-order valence-corrected chi connectivity index (χ2v) is 6.16. The van der Waals surface area contributed by atoms with Gasteiger partial charge in [0.1, 0.15) is 11.2 Å². The van der Waals surface area contributed by atoms with E-state index in [9.17, 15) is 23.6 Å². The summed E-state index contributed by atoms with van der Waals surface area (Å²) >= 11 is 0. The number of ketones is 1. The van der Waals surface area contributed by atoms with Crippen molar-refractivity contribution in [3.05, 3.63) is 34.4 Å². The lowest BCUT2D eigenvalue weighted by Gasteiger charge is -2.20. The standard InChI is InChI=1S/C17H17FN2O4/c1-2-12(21)17(16(18)24)7-9-3-4-10-13(11(9)8-17)15(23)20(6-5-19)14(10)22/h3-4H,2,5-8,19H2,1H3. The summed E-state index contributed by atoms with van der Waals surface area (Å²) in [5, 5.41) is 0. The van der Waals surface area contributed by atoms with Crippen LogP contribution in [-0.4, -0.2) is 41.6 Å². The minimum atomic E-state index is -1.77. The maximum atomic E-state index is 13.7. The number of imide groups is 1. The molecule has 0 fully saturated rings. The summed E-state index contributed by atoms with van der Waals surface area (Å²) in [6.45, 7) is 1.79. The highest BCUT2D eigenvalue weighted by molar-refractivity contribution is 6.22. The number of carbonyl (C=O) groups excluding carboxylic acids is 4. The topological polar surface area (TPSA) is 97.5 Å². The fourth-order valence-electron chi connectivity index (χ4n) is 3.66. The van der Waals surface area contributed by atoms with E-state index < -0.39 is 29.0 Å². The first-order valence-corrected chi connectivity index (χ1v) is 7.81. The maximum absolute atomic E-state index is 13.7. The van der Waals surface area contributed by atoms with Gasteiger partial charge in [0.15, 0.2) is 0 Å². The number of fused-ring (bicyclic) bond motifs is 3. The smallest absolute Gasteiger partial charge is 0.315 e. The van der Waals surface area contributed by atoms with Gasteiger partial charge in [-0.1, -0.05) is 13.0 Å². The fourth-order valence-corrected chi connectivity index (χ4v) is 3.66. The lowest BCUT2D eigenvalue weighted by molar-refractivity contribution is -0.147. The van der Waals surface area contributed by atoms with Crippen LogP contribution < -0.4 is 5.73 Å². The van der Waals surface area contributed by atoms with E-state index in [4.69, 9.17) is 5.73 Å². The van der Waals surface area contributed by atoms with Crippen LogP contribution >= 0.6 is 0 Å². The highest BCUT2D eigenvalue weighted by Gasteiger charge is 2.52. The van der Waals surface area contributed by atoms with Gasteiger partial charge in [-0.25, -0.2) is 0 Å². The molecule has 3 rings (SSSR count). The molecule has 0 saturated carbocycles. The molecule has 2 N–H and O–H groups in total. The number of halogens is 1. The third-order valence-electron chi connectivity index (χ3n) is 4.90. The van der Waals surface area contributed by atoms with E-state index in [1.807, 2.05) is 0 Å². The minimum absolute atomic E-state index is 0.0258. The summed E-state index contributed by atoms with van der Waals surface area (Å²) in [7, 11) is 0. The van der Waals surface area contributed by atoms with Gasteiger partial charge in [0, 0.05) is 19.5 Å². The normalized spacial score (nSPS) is 21.9. The fraction of sp³-hybridized carbons (Fsp3) is 0.412. The molecule has 0 spiro atoms. The Kier molecular flexibility index (Phi) is 3.83. The van der Waals surface area contributed by atoms with Crippen LogP contribution in [0.4, 0.5) is 4.39 Å². The largest absolute Gasteiger partial charge is 0.329 e. The minimum Gasteiger partial charge on any atom is -0.329 e. The Morgan fingerprint density at radius 2 is 1.96 bits per heavy atom. The zero-order chi connectivity index (χ0) is 17.6. The Labute approximate surface area is 137 Å². The zero-order valence-electron chi connectivity index (χ0n) is 13.2. The molecule has 126 valence electrons. The summed E-state index contributed by atoms with van der Waals surface area (Å²) < 4.78 is 13.7. The number of nitrogens with zero attached hydrogens (tertiary/aromatic N) is 1. The molecule has 2 amide bonds. The van der Waals surface area contributed by atoms with Crippen molar-refractivity contribution in [1.29, 1.82) is 0 Å². The van der Waals surface area contributed by atoms with Gasteiger partial charge in [-0.05, 0) is 30.0 Å². The first kappa shape index (κ1) is 16.4. The number of amides is 2. The Bertz CT molecular complexity index is 789. The number of hydrogen-bond donors (Lipinski definition) is 1. The molecule has 0 saturated heterocycles. The van der Waals surface area contributed by atoms with Gasteiger partial charge in [-0.3, -0.25) is 24.1 Å². The Balaban J connectivity index is 2.11. The first-order valence-electron chi connectivity index (χ1n) is 7.81. The second kappa shape index (κ2) is 5.59. The van der Waals surface area contributed by atoms with E-state index >= 15 is 0 Å². The molecule has 1 unspecified atom stereocenters. The van der Waals surface area contributed by atoms with Crippen LogP contribution in [0.2, 0.25) is 0 Å². The van der Waals surface area contributed by atoms with Gasteiger partial charge in [-0.15, -0.1) is 0 Å². The monoisotopic (exact) mass is 332 g/mol. The quantitative estimate of drug-likeness (QED) is 0.489. The van der Waals surface area contributed by atoms with Crippen LogP contribution in [0.3, 0.4) is 0 Å². The zero-order valence-corrected chi connectivity index (χ0v) is 13.2. The van der Waals surface area contributed by atoms with Crippen LogP contribution in [0.5, 0.6) is 0 Å². The van der Waals surface area contributed by atoms with Crippen molar-refractivity contribution in [3.63, 3.8) is 0 Å². The second-order valence-electron chi connectivity index (χ2n) is 6.16. The van der Waals surface area contributed by atoms with Gasteiger partial charge in [0.05, 0.1) is 11.1 Å². The lowest BCUT2D eigenvalue weighted by atomic mass is 9.79. The van der Waals surface area contributed by atoms with Gasteiger partial charge in [-0.2, -0.15) is 4.39 Å². The summed E-state index contributed by atoms with van der Waals surface area (Å²) in [5.74, 6) is -1.44. The molecule has 6 nitrogen and oxygen atoms in total. The average Bonchev–Trinajstić information content (AvgIpc) is 3.07. The molecule has 1 aliphatic heterocycles. The van der Waals surface area contributed by atoms with E-state index in [1.54, 1.807) is 13.0 Å². The van der Waals surface area contributed by atoms with Crippen molar-refractivity contribution in [3.8, 4) is 0 Å². The predicted octanol–water partition coefficient (Wildman–Crippen LogP) is 0.802. The molecule has 1 aromatic rings. The third-order valence-corrected chi connectivity index (χ3v) is 4.90. The van der Waals surface area contributed by atoms with Crippen LogP contribution in [0.15, 0.2) is 12.1 Å². The molecule has 2 aliphatic rings. The summed E-state index contributed by atoms with van der Waals surface area (Å²) in [6.07, 6.45) is -0.225. The molecular weight excluding hydrogens is 315 g/mol. The van der Waals surface area contributed by atoms with Crippen molar-refractivity contribution < 1.29 is 23.6 Å². The highest BCUT2D eigenvalue weighted by Crippen LogP contribution is 2.43. The highest BCUT2D eigenvalue weighted by atomic mass is 19.1. The summed E-state index contributed by atoms with van der Waals surface area (Å²) in [6, 6.07) is 1.41. The molecule has 0 radical (unpaired) electrons. The van der Waals surface area contributed by atoms with Crippen molar-refractivity contribution >= 4 is 23.6 Å². The van der Waals surface area contributed by atoms with E-state index in [0.717, 1.165) is 4.90 Å². The van der Waals surface area contributed by atoms with Gasteiger partial charge < -0.3 is 5.73 Å². The molecular formula is C17H17FN2O4. The van der Waals surface area contributed by atoms with Gasteiger partial charge in [0.2, 0.25) is 0 Å². The molecule has 1 aliphatic carbocycles. The molecule has 0 bridgehead atoms. The van der Waals surface area contributed by atoms with Crippen LogP contribution in [0.1, 0.15) is 45.2 Å². The molecule has 0 aromatic heterocycles. The van der Waals surface area contributed by atoms with Gasteiger partial charge >= 0.3 is 6.04 Å².